The fourth-order valence-corrected chi connectivity index (χ4v) is 1.65. The van der Waals surface area contributed by atoms with Crippen molar-refractivity contribution in [2.24, 2.45) is 0 Å². The van der Waals surface area contributed by atoms with E-state index >= 15 is 0 Å². The number of nitrogens with zero attached hydrogens (tertiary/aromatic N) is 1. The average molecular weight is 215 g/mol. The first kappa shape index (κ1) is 10.6. The Morgan fingerprint density at radius 2 is 2.25 bits per heavy atom. The molecular weight excluding hydrogens is 202 g/mol. The minimum absolute atomic E-state index is 0.109. The number of carbonyl (C=O) groups is 1. The van der Waals surface area contributed by atoms with E-state index in [4.69, 9.17) is 4.74 Å². The van der Waals surface area contributed by atoms with E-state index in [0.717, 1.165) is 16.7 Å². The standard InChI is InChI=1S/C13H13NO2/c1-3-11(15)10-7-9-5-4-6-12(16-2)13(9)14-8-10/h4-8H,3H2,1-2H3. The van der Waals surface area contributed by atoms with Crippen LogP contribution >= 0.6 is 0 Å². The van der Waals surface area contributed by atoms with Crippen LogP contribution in [0.1, 0.15) is 23.7 Å². The number of benzene rings is 1. The average Bonchev–Trinajstić information content (AvgIpc) is 2.36. The summed E-state index contributed by atoms with van der Waals surface area (Å²) in [5.41, 5.74) is 1.45. The van der Waals surface area contributed by atoms with E-state index in [9.17, 15) is 4.79 Å². The highest BCUT2D eigenvalue weighted by molar-refractivity contribution is 5.99. The van der Waals surface area contributed by atoms with Gasteiger partial charge < -0.3 is 4.74 Å². The predicted molar refractivity (Wildman–Crippen MR) is 62.9 cm³/mol. The topological polar surface area (TPSA) is 39.2 Å². The van der Waals surface area contributed by atoms with Crippen LogP contribution in [0.2, 0.25) is 0 Å². The maximum absolute atomic E-state index is 11.5. The van der Waals surface area contributed by atoms with Gasteiger partial charge in [-0.15, -0.1) is 0 Å². The van der Waals surface area contributed by atoms with Gasteiger partial charge >= 0.3 is 0 Å². The summed E-state index contributed by atoms with van der Waals surface area (Å²) in [6.07, 6.45) is 2.11. The summed E-state index contributed by atoms with van der Waals surface area (Å²) < 4.78 is 5.21. The molecule has 0 amide bonds. The highest BCUT2D eigenvalue weighted by Gasteiger charge is 2.07. The van der Waals surface area contributed by atoms with Crippen molar-refractivity contribution in [2.45, 2.75) is 13.3 Å². The molecule has 16 heavy (non-hydrogen) atoms. The lowest BCUT2D eigenvalue weighted by molar-refractivity contribution is 0.0988. The van der Waals surface area contributed by atoms with Crippen LogP contribution in [0.15, 0.2) is 30.5 Å². The van der Waals surface area contributed by atoms with Crippen molar-refractivity contribution in [3.05, 3.63) is 36.0 Å². The van der Waals surface area contributed by atoms with E-state index in [1.165, 1.54) is 0 Å². The Kier molecular flexibility index (Phi) is 2.86. The Bertz CT molecular complexity index is 534. The van der Waals surface area contributed by atoms with Crippen LogP contribution in [-0.2, 0) is 0 Å². The first-order valence-corrected chi connectivity index (χ1v) is 5.22. The third kappa shape index (κ3) is 1.76. The van der Waals surface area contributed by atoms with Crippen LogP contribution < -0.4 is 4.74 Å². The Labute approximate surface area is 94.1 Å². The number of hydrogen-bond acceptors (Lipinski definition) is 3. The lowest BCUT2D eigenvalue weighted by Gasteiger charge is -2.05. The van der Waals surface area contributed by atoms with E-state index in [-0.39, 0.29) is 5.78 Å². The zero-order valence-electron chi connectivity index (χ0n) is 9.36. The van der Waals surface area contributed by atoms with Crippen molar-refractivity contribution in [3.8, 4) is 5.75 Å². The van der Waals surface area contributed by atoms with Gasteiger partial charge in [0, 0.05) is 23.6 Å². The highest BCUT2D eigenvalue weighted by Crippen LogP contribution is 2.23. The smallest absolute Gasteiger partial charge is 0.164 e. The van der Waals surface area contributed by atoms with E-state index in [1.807, 2.05) is 31.2 Å². The molecule has 0 spiro atoms. The third-order valence-electron chi connectivity index (χ3n) is 2.54. The molecule has 1 aromatic carbocycles. The molecule has 0 unspecified atom stereocenters. The minimum atomic E-state index is 0.109. The summed E-state index contributed by atoms with van der Waals surface area (Å²) in [5.74, 6) is 0.838. The molecule has 0 aliphatic heterocycles. The summed E-state index contributed by atoms with van der Waals surface area (Å²) >= 11 is 0. The van der Waals surface area contributed by atoms with Crippen LogP contribution in [0.25, 0.3) is 10.9 Å². The number of hydrogen-bond donors (Lipinski definition) is 0. The van der Waals surface area contributed by atoms with Gasteiger partial charge in [-0.05, 0) is 12.1 Å². The Hall–Kier alpha value is -1.90. The zero-order chi connectivity index (χ0) is 11.5. The molecule has 0 bridgehead atoms. The summed E-state index contributed by atoms with van der Waals surface area (Å²) in [7, 11) is 1.61. The highest BCUT2D eigenvalue weighted by atomic mass is 16.5. The van der Waals surface area contributed by atoms with Gasteiger partial charge in [0.2, 0.25) is 0 Å². The number of rotatable bonds is 3. The van der Waals surface area contributed by atoms with Crippen LogP contribution in [0.5, 0.6) is 5.75 Å². The molecule has 0 saturated carbocycles. The fourth-order valence-electron chi connectivity index (χ4n) is 1.65. The largest absolute Gasteiger partial charge is 0.494 e. The third-order valence-corrected chi connectivity index (χ3v) is 2.54. The fraction of sp³-hybridized carbons (Fsp3) is 0.231. The van der Waals surface area contributed by atoms with Gasteiger partial charge in [0.1, 0.15) is 11.3 Å². The van der Waals surface area contributed by atoms with Gasteiger partial charge in [0.05, 0.1) is 7.11 Å². The van der Waals surface area contributed by atoms with Crippen LogP contribution in [-0.4, -0.2) is 17.9 Å². The van der Waals surface area contributed by atoms with Gasteiger partial charge in [-0.3, -0.25) is 9.78 Å². The first-order chi connectivity index (χ1) is 7.76. The van der Waals surface area contributed by atoms with Crippen molar-refractivity contribution in [1.82, 2.24) is 4.98 Å². The number of methoxy groups -OCH3 is 1. The van der Waals surface area contributed by atoms with Gasteiger partial charge in [-0.1, -0.05) is 19.1 Å². The molecular formula is C13H13NO2. The number of ketones is 1. The molecule has 0 N–H and O–H groups in total. The number of pyridine rings is 1. The van der Waals surface area contributed by atoms with Crippen molar-refractivity contribution in [3.63, 3.8) is 0 Å². The Balaban J connectivity index is 2.59. The van der Waals surface area contributed by atoms with Crippen LogP contribution in [0.3, 0.4) is 0 Å². The number of para-hydroxylation sites is 1. The second-order valence-corrected chi connectivity index (χ2v) is 3.53. The minimum Gasteiger partial charge on any atom is -0.494 e. The molecule has 2 rings (SSSR count). The molecule has 2 aromatic rings. The monoisotopic (exact) mass is 215 g/mol. The molecule has 3 heteroatoms. The number of Topliss-reactive ketones (excluding diaryl/α,β-unsaturated/α-hetero) is 1. The summed E-state index contributed by atoms with van der Waals surface area (Å²) in [5, 5.41) is 0.929. The van der Waals surface area contributed by atoms with Gasteiger partial charge in [-0.25, -0.2) is 0 Å². The zero-order valence-corrected chi connectivity index (χ0v) is 9.36. The normalized spacial score (nSPS) is 10.4. The van der Waals surface area contributed by atoms with E-state index < -0.39 is 0 Å². The molecule has 3 nitrogen and oxygen atoms in total. The van der Waals surface area contributed by atoms with Crippen molar-refractivity contribution >= 4 is 16.7 Å². The SMILES string of the molecule is CCC(=O)c1cnc2c(OC)cccc2c1. The number of ether oxygens (including phenoxy) is 1. The van der Waals surface area contributed by atoms with E-state index in [0.29, 0.717) is 12.0 Å². The Morgan fingerprint density at radius 3 is 2.94 bits per heavy atom. The molecule has 1 heterocycles. The maximum atomic E-state index is 11.5. The van der Waals surface area contributed by atoms with Crippen LogP contribution in [0.4, 0.5) is 0 Å². The summed E-state index contributed by atoms with van der Waals surface area (Å²) in [6, 6.07) is 7.54. The second-order valence-electron chi connectivity index (χ2n) is 3.53. The van der Waals surface area contributed by atoms with Gasteiger partial charge in [0.15, 0.2) is 5.78 Å². The molecule has 0 saturated heterocycles. The van der Waals surface area contributed by atoms with Crippen LogP contribution in [0, 0.1) is 0 Å². The van der Waals surface area contributed by atoms with Crippen molar-refractivity contribution in [2.75, 3.05) is 7.11 Å². The lowest BCUT2D eigenvalue weighted by atomic mass is 10.1. The molecule has 82 valence electrons. The lowest BCUT2D eigenvalue weighted by Crippen LogP contribution is -1.98. The van der Waals surface area contributed by atoms with Crippen molar-refractivity contribution in [1.29, 1.82) is 0 Å². The molecule has 0 aliphatic carbocycles. The second kappa shape index (κ2) is 4.31. The molecule has 0 fully saturated rings. The molecule has 0 radical (unpaired) electrons. The van der Waals surface area contributed by atoms with E-state index in [1.54, 1.807) is 13.3 Å². The number of fused-ring (bicyclic) bond motifs is 1. The number of aromatic nitrogens is 1. The first-order valence-electron chi connectivity index (χ1n) is 5.22. The molecule has 0 atom stereocenters. The Morgan fingerprint density at radius 1 is 1.44 bits per heavy atom. The van der Waals surface area contributed by atoms with Gasteiger partial charge in [0.25, 0.3) is 0 Å². The van der Waals surface area contributed by atoms with E-state index in [2.05, 4.69) is 4.98 Å². The van der Waals surface area contributed by atoms with Gasteiger partial charge in [-0.2, -0.15) is 0 Å². The molecule has 1 aromatic heterocycles. The quantitative estimate of drug-likeness (QED) is 0.739. The van der Waals surface area contributed by atoms with Crippen molar-refractivity contribution < 1.29 is 9.53 Å². The summed E-state index contributed by atoms with van der Waals surface area (Å²) in [4.78, 5) is 15.8. The predicted octanol–water partition coefficient (Wildman–Crippen LogP) is 2.84. The molecule has 0 aliphatic rings. The number of carbonyl (C=O) groups excluding carboxylic acids is 1. The summed E-state index contributed by atoms with van der Waals surface area (Å²) in [6.45, 7) is 1.85. The maximum Gasteiger partial charge on any atom is 0.164 e.